The number of aliphatic carboxylic acids is 1. The van der Waals surface area contributed by atoms with Gasteiger partial charge in [0.1, 0.15) is 22.6 Å². The molecule has 12 heteroatoms. The molecule has 1 aromatic heterocycles. The van der Waals surface area contributed by atoms with Gasteiger partial charge in [-0.1, -0.05) is 89.9 Å². The van der Waals surface area contributed by atoms with Crippen LogP contribution in [0.1, 0.15) is 112 Å². The van der Waals surface area contributed by atoms with E-state index in [4.69, 9.17) is 4.74 Å². The summed E-state index contributed by atoms with van der Waals surface area (Å²) >= 11 is 1.17. The molecule has 2 heterocycles. The van der Waals surface area contributed by atoms with Crippen LogP contribution >= 0.6 is 11.3 Å². The first-order valence-electron chi connectivity index (χ1n) is 20.1. The summed E-state index contributed by atoms with van der Waals surface area (Å²) in [6, 6.07) is 16.1. The van der Waals surface area contributed by atoms with E-state index in [-0.39, 0.29) is 54.5 Å². The largest absolute Gasteiger partial charge is 0.497 e. The highest BCUT2D eigenvalue weighted by atomic mass is 32.1. The lowest BCUT2D eigenvalue weighted by atomic mass is 9.82. The number of ketones is 1. The van der Waals surface area contributed by atoms with Crippen LogP contribution < -0.4 is 10.1 Å². The second-order valence-corrected chi connectivity index (χ2v) is 16.8. The van der Waals surface area contributed by atoms with Crippen LogP contribution in [0.5, 0.6) is 5.75 Å². The molecule has 0 radical (unpaired) electrons. The molecule has 1 aliphatic heterocycles. The van der Waals surface area contributed by atoms with E-state index in [0.717, 1.165) is 43.4 Å². The topological polar surface area (TPSA) is 149 Å². The Bertz CT molecular complexity index is 1720. The number of amides is 2. The van der Waals surface area contributed by atoms with Gasteiger partial charge >= 0.3 is 5.97 Å². The minimum absolute atomic E-state index is 0.0246. The number of methoxy groups -OCH3 is 1. The van der Waals surface area contributed by atoms with Crippen LogP contribution in [-0.2, 0) is 27.3 Å². The summed E-state index contributed by atoms with van der Waals surface area (Å²) in [4.78, 5) is 62.5. The zero-order chi connectivity index (χ0) is 40.9. The maximum Gasteiger partial charge on any atom is 0.306 e. The maximum atomic E-state index is 14.9. The molecule has 0 spiro atoms. The van der Waals surface area contributed by atoms with Crippen molar-refractivity contribution in [2.45, 2.75) is 117 Å². The van der Waals surface area contributed by atoms with E-state index >= 15 is 0 Å². The van der Waals surface area contributed by atoms with Crippen molar-refractivity contribution >= 4 is 34.9 Å². The molecule has 0 bridgehead atoms. The van der Waals surface area contributed by atoms with E-state index in [1.165, 1.54) is 11.3 Å². The van der Waals surface area contributed by atoms with E-state index in [0.29, 0.717) is 23.7 Å². The highest BCUT2D eigenvalue weighted by Crippen LogP contribution is 2.33. The van der Waals surface area contributed by atoms with Gasteiger partial charge < -0.3 is 25.2 Å². The Balaban J connectivity index is 1.55. The Kier molecular flexibility index (Phi) is 17.0. The highest BCUT2D eigenvalue weighted by molar-refractivity contribution is 7.09. The molecule has 2 amide bonds. The number of aliphatic hydroxyl groups excluding tert-OH is 1. The molecule has 306 valence electrons. The lowest BCUT2D eigenvalue weighted by Crippen LogP contribution is -2.49. The molecule has 11 nitrogen and oxygen atoms in total. The number of aliphatic hydroxyl groups is 1. The molecule has 3 N–H and O–H groups in total. The fourth-order valence-corrected chi connectivity index (χ4v) is 8.46. The van der Waals surface area contributed by atoms with Crippen molar-refractivity contribution in [2.75, 3.05) is 20.7 Å². The van der Waals surface area contributed by atoms with E-state index < -0.39 is 41.9 Å². The van der Waals surface area contributed by atoms with Gasteiger partial charge in [-0.2, -0.15) is 0 Å². The Morgan fingerprint density at radius 3 is 2.30 bits per heavy atom. The lowest BCUT2D eigenvalue weighted by Gasteiger charge is -2.39. The van der Waals surface area contributed by atoms with Crippen LogP contribution in [0, 0.1) is 23.7 Å². The fraction of sp³-hybridized carbons (Fsp3) is 0.568. The first-order valence-corrected chi connectivity index (χ1v) is 21.0. The second kappa shape index (κ2) is 21.4. The van der Waals surface area contributed by atoms with E-state index in [2.05, 4.69) is 22.1 Å². The number of carboxylic acids is 1. The minimum atomic E-state index is -1.07. The summed E-state index contributed by atoms with van der Waals surface area (Å²) in [5.74, 6) is -1.94. The number of likely N-dealkylation sites (N-methyl/N-ethyl adjacent to an activating group) is 1. The van der Waals surface area contributed by atoms with Gasteiger partial charge in [-0.15, -0.1) is 11.3 Å². The number of carbonyl (C=O) groups excluding carboxylic acids is 3. The number of thiazole rings is 1. The summed E-state index contributed by atoms with van der Waals surface area (Å²) in [7, 11) is 3.58. The molecule has 1 fully saturated rings. The number of aromatic nitrogens is 1. The number of benzene rings is 2. The van der Waals surface area contributed by atoms with Crippen LogP contribution in [-0.4, -0.2) is 87.4 Å². The maximum absolute atomic E-state index is 14.9. The number of hydrogen-bond acceptors (Lipinski definition) is 9. The SMILES string of the molecule is CCC(C)C(CC(=O)C1CCCCN1C)C(=O)N(Cc1ccccc1)C(CC(O)c1nc(C(=O)NC(Cc2ccc(OC)cc2)CC(C)C(=O)O)cs1)C(C)C. The van der Waals surface area contributed by atoms with Crippen molar-refractivity contribution in [1.29, 1.82) is 0 Å². The van der Waals surface area contributed by atoms with Crippen LogP contribution in [0.25, 0.3) is 0 Å². The third-order valence-corrected chi connectivity index (χ3v) is 12.3. The first kappa shape index (κ1) is 44.6. The van der Waals surface area contributed by atoms with Crippen LogP contribution in [0.4, 0.5) is 0 Å². The van der Waals surface area contributed by atoms with Crippen LogP contribution in [0.15, 0.2) is 60.0 Å². The van der Waals surface area contributed by atoms with Gasteiger partial charge in [0, 0.05) is 42.8 Å². The lowest BCUT2D eigenvalue weighted by molar-refractivity contribution is -0.145. The molecule has 0 saturated carbocycles. The molecular formula is C44H62N4O7S. The molecule has 1 saturated heterocycles. The molecule has 3 aromatic rings. The van der Waals surface area contributed by atoms with Crippen molar-refractivity contribution < 1.29 is 34.1 Å². The van der Waals surface area contributed by atoms with Gasteiger partial charge in [0.05, 0.1) is 19.1 Å². The number of ether oxygens (including phenoxy) is 1. The predicted octanol–water partition coefficient (Wildman–Crippen LogP) is 7.19. The Morgan fingerprint density at radius 1 is 1.00 bits per heavy atom. The van der Waals surface area contributed by atoms with Gasteiger partial charge in [0.15, 0.2) is 5.78 Å². The number of carboxylic acid groups (broad SMARTS) is 1. The Morgan fingerprint density at radius 2 is 1.70 bits per heavy atom. The number of rotatable bonds is 21. The van der Waals surface area contributed by atoms with Gasteiger partial charge in [0.25, 0.3) is 5.91 Å². The summed E-state index contributed by atoms with van der Waals surface area (Å²) < 4.78 is 5.26. The smallest absolute Gasteiger partial charge is 0.306 e. The van der Waals surface area contributed by atoms with Gasteiger partial charge in [0.2, 0.25) is 5.91 Å². The normalized spacial score (nSPS) is 18.0. The molecule has 2 aromatic carbocycles. The summed E-state index contributed by atoms with van der Waals surface area (Å²) in [5, 5.41) is 26.3. The van der Waals surface area contributed by atoms with Gasteiger partial charge in [-0.05, 0) is 74.4 Å². The molecule has 4 rings (SSSR count). The molecule has 7 unspecified atom stereocenters. The Hall–Kier alpha value is -4.13. The zero-order valence-corrected chi connectivity index (χ0v) is 35.0. The summed E-state index contributed by atoms with van der Waals surface area (Å²) in [5.41, 5.74) is 2.00. The molecule has 1 aliphatic rings. The van der Waals surface area contributed by atoms with Crippen molar-refractivity contribution in [1.82, 2.24) is 20.1 Å². The van der Waals surface area contributed by atoms with E-state index in [1.54, 1.807) is 19.4 Å². The molecule has 7 atom stereocenters. The molecule has 56 heavy (non-hydrogen) atoms. The number of piperidine rings is 1. The minimum Gasteiger partial charge on any atom is -0.497 e. The van der Waals surface area contributed by atoms with Crippen molar-refractivity contribution in [3.8, 4) is 5.75 Å². The highest BCUT2D eigenvalue weighted by Gasteiger charge is 2.38. The number of likely N-dealkylation sites (tertiary alicyclic amines) is 1. The number of hydrogen-bond donors (Lipinski definition) is 3. The fourth-order valence-electron chi connectivity index (χ4n) is 7.66. The monoisotopic (exact) mass is 790 g/mol. The standard InChI is InChI=1S/C44H62N4O7S/c1-8-29(4)35(24-39(49)37-16-12-13-21-47(37)6)43(52)48(26-32-14-10-9-11-15-32)38(28(2)3)25-40(50)42-46-36(27-56-42)41(51)45-33(22-30(5)44(53)54)23-31-17-19-34(55-7)20-18-31/h9-11,14-15,17-20,27-30,33,35,37-38,40,50H,8,12-13,16,21-26H2,1-7H3,(H,45,51)(H,53,54). The first-order chi connectivity index (χ1) is 26.7. The Labute approximate surface area is 336 Å². The quantitative estimate of drug-likeness (QED) is 0.102. The predicted molar refractivity (Wildman–Crippen MR) is 220 cm³/mol. The van der Waals surface area contributed by atoms with Crippen molar-refractivity contribution in [3.63, 3.8) is 0 Å². The van der Waals surface area contributed by atoms with E-state index in [9.17, 15) is 29.4 Å². The third-order valence-electron chi connectivity index (χ3n) is 11.4. The molecular weight excluding hydrogens is 729 g/mol. The van der Waals surface area contributed by atoms with Crippen LogP contribution in [0.3, 0.4) is 0 Å². The molecule has 0 aliphatic carbocycles. The van der Waals surface area contributed by atoms with Crippen molar-refractivity contribution in [2.24, 2.45) is 23.7 Å². The van der Waals surface area contributed by atoms with Gasteiger partial charge in [-0.25, -0.2) is 4.98 Å². The number of nitrogens with zero attached hydrogens (tertiary/aromatic N) is 3. The van der Waals surface area contributed by atoms with Crippen LogP contribution in [0.2, 0.25) is 0 Å². The average molecular weight is 791 g/mol. The number of nitrogens with one attached hydrogen (secondary N) is 1. The number of Topliss-reactive ketones (excluding diaryl/α,β-unsaturated/α-hetero) is 1. The zero-order valence-electron chi connectivity index (χ0n) is 34.1. The second-order valence-electron chi connectivity index (χ2n) is 15.9. The third kappa shape index (κ3) is 12.4. The van der Waals surface area contributed by atoms with Gasteiger partial charge in [-0.3, -0.25) is 24.1 Å². The average Bonchev–Trinajstić information content (AvgIpc) is 3.69. The van der Waals surface area contributed by atoms with E-state index in [1.807, 2.05) is 87.3 Å². The number of carbonyl (C=O) groups is 4. The summed E-state index contributed by atoms with van der Waals surface area (Å²) in [6.07, 6.45) is 3.56. The van der Waals surface area contributed by atoms with Crippen molar-refractivity contribution in [3.05, 3.63) is 81.8 Å². The summed E-state index contributed by atoms with van der Waals surface area (Å²) in [6.45, 7) is 11.0.